The van der Waals surface area contributed by atoms with Crippen LogP contribution >= 0.6 is 0 Å². The molecule has 2 rings (SSSR count). The standard InChI is InChI=1S/C18H20F3N3O4/c19-18(20,21)28-15-10-13(22-6-8-26)9-14(11-15)23-17(27)24-16-4-2-1-3-12(16)5-7-25/h1-4,9-11,22,25-26H,5-8H2,(H2,23,24,27). The van der Waals surface area contributed by atoms with Crippen LogP contribution in [0.1, 0.15) is 5.56 Å². The van der Waals surface area contributed by atoms with Crippen molar-refractivity contribution in [1.29, 1.82) is 0 Å². The summed E-state index contributed by atoms with van der Waals surface area (Å²) in [5, 5.41) is 25.7. The molecule has 0 spiro atoms. The summed E-state index contributed by atoms with van der Waals surface area (Å²) < 4.78 is 41.5. The van der Waals surface area contributed by atoms with E-state index in [2.05, 4.69) is 20.7 Å². The van der Waals surface area contributed by atoms with Crippen molar-refractivity contribution < 1.29 is 32.9 Å². The highest BCUT2D eigenvalue weighted by atomic mass is 19.4. The molecule has 2 aromatic rings. The Bertz CT molecular complexity index is 800. The number of aliphatic hydroxyl groups excluding tert-OH is 2. The quantitative estimate of drug-likeness (QED) is 0.469. The lowest BCUT2D eigenvalue weighted by Crippen LogP contribution is -2.21. The van der Waals surface area contributed by atoms with Crippen LogP contribution in [0.15, 0.2) is 42.5 Å². The topological polar surface area (TPSA) is 103 Å². The fourth-order valence-electron chi connectivity index (χ4n) is 2.43. The minimum atomic E-state index is -4.89. The van der Waals surface area contributed by atoms with Gasteiger partial charge in [0, 0.05) is 42.3 Å². The summed E-state index contributed by atoms with van der Waals surface area (Å²) in [5.41, 5.74) is 1.46. The number of hydrogen-bond acceptors (Lipinski definition) is 5. The minimum absolute atomic E-state index is 0.0549. The molecule has 0 fully saturated rings. The molecule has 2 aromatic carbocycles. The number of urea groups is 1. The zero-order valence-electron chi connectivity index (χ0n) is 14.7. The molecule has 0 aromatic heterocycles. The molecule has 0 saturated heterocycles. The molecule has 5 N–H and O–H groups in total. The number of amides is 2. The highest BCUT2D eigenvalue weighted by Crippen LogP contribution is 2.29. The Kier molecular flexibility index (Phi) is 7.47. The maximum Gasteiger partial charge on any atom is 0.573 e. The monoisotopic (exact) mass is 399 g/mol. The largest absolute Gasteiger partial charge is 0.573 e. The molecule has 0 aliphatic carbocycles. The zero-order valence-corrected chi connectivity index (χ0v) is 14.7. The van der Waals surface area contributed by atoms with Crippen LogP contribution in [-0.4, -0.2) is 42.4 Å². The van der Waals surface area contributed by atoms with Crippen molar-refractivity contribution in [3.8, 4) is 5.75 Å². The van der Waals surface area contributed by atoms with E-state index in [1.54, 1.807) is 24.3 Å². The van der Waals surface area contributed by atoms with Crippen LogP contribution in [0.4, 0.5) is 35.0 Å². The van der Waals surface area contributed by atoms with Gasteiger partial charge in [0.25, 0.3) is 0 Å². The van der Waals surface area contributed by atoms with E-state index >= 15 is 0 Å². The number of para-hydroxylation sites is 1. The third-order valence-corrected chi connectivity index (χ3v) is 3.49. The van der Waals surface area contributed by atoms with Gasteiger partial charge in [-0.05, 0) is 24.1 Å². The van der Waals surface area contributed by atoms with Gasteiger partial charge < -0.3 is 30.9 Å². The average molecular weight is 399 g/mol. The first-order chi connectivity index (χ1) is 13.3. The van der Waals surface area contributed by atoms with E-state index < -0.39 is 18.1 Å². The molecule has 7 nitrogen and oxygen atoms in total. The van der Waals surface area contributed by atoms with E-state index in [1.807, 2.05) is 0 Å². The number of rotatable bonds is 8. The number of aliphatic hydroxyl groups is 2. The van der Waals surface area contributed by atoms with Gasteiger partial charge >= 0.3 is 12.4 Å². The summed E-state index contributed by atoms with van der Waals surface area (Å²) in [7, 11) is 0. The molecule has 10 heteroatoms. The Balaban J connectivity index is 2.17. The number of alkyl halides is 3. The van der Waals surface area contributed by atoms with Crippen LogP contribution in [0.25, 0.3) is 0 Å². The molecule has 0 radical (unpaired) electrons. The molecule has 0 aliphatic heterocycles. The predicted molar refractivity (Wildman–Crippen MR) is 98.6 cm³/mol. The first-order valence-corrected chi connectivity index (χ1v) is 8.33. The molecule has 0 saturated carbocycles. The van der Waals surface area contributed by atoms with Crippen molar-refractivity contribution in [2.24, 2.45) is 0 Å². The van der Waals surface area contributed by atoms with Crippen LogP contribution in [-0.2, 0) is 6.42 Å². The van der Waals surface area contributed by atoms with E-state index in [-0.39, 0.29) is 31.1 Å². The van der Waals surface area contributed by atoms with Gasteiger partial charge in [0.15, 0.2) is 0 Å². The molecular weight excluding hydrogens is 379 g/mol. The molecular formula is C18H20F3N3O4. The SMILES string of the molecule is O=C(Nc1cc(NCCO)cc(OC(F)(F)F)c1)Nc1ccccc1CCO. The highest BCUT2D eigenvalue weighted by Gasteiger charge is 2.31. The summed E-state index contributed by atoms with van der Waals surface area (Å²) in [5.74, 6) is -0.522. The van der Waals surface area contributed by atoms with Crippen LogP contribution in [0.2, 0.25) is 0 Å². The van der Waals surface area contributed by atoms with E-state index in [1.165, 1.54) is 6.07 Å². The Morgan fingerprint density at radius 2 is 1.71 bits per heavy atom. The third-order valence-electron chi connectivity index (χ3n) is 3.49. The first kappa shape index (κ1) is 21.3. The number of benzene rings is 2. The Hall–Kier alpha value is -2.98. The van der Waals surface area contributed by atoms with Gasteiger partial charge in [0.1, 0.15) is 5.75 Å². The summed E-state index contributed by atoms with van der Waals surface area (Å²) in [4.78, 5) is 12.3. The second kappa shape index (κ2) is 9.81. The molecule has 0 bridgehead atoms. The van der Waals surface area contributed by atoms with Gasteiger partial charge in [-0.1, -0.05) is 18.2 Å². The van der Waals surface area contributed by atoms with Gasteiger partial charge in [-0.3, -0.25) is 0 Å². The van der Waals surface area contributed by atoms with Crippen LogP contribution < -0.4 is 20.7 Å². The van der Waals surface area contributed by atoms with Crippen LogP contribution in [0, 0.1) is 0 Å². The number of ether oxygens (including phenoxy) is 1. The zero-order chi connectivity index (χ0) is 20.6. The number of carbonyl (C=O) groups excluding carboxylic acids is 1. The molecule has 0 aliphatic rings. The summed E-state index contributed by atoms with van der Waals surface area (Å²) >= 11 is 0. The fraction of sp³-hybridized carbons (Fsp3) is 0.278. The van der Waals surface area contributed by atoms with Crippen molar-refractivity contribution >= 4 is 23.1 Å². The average Bonchev–Trinajstić information content (AvgIpc) is 2.60. The van der Waals surface area contributed by atoms with Crippen molar-refractivity contribution in [3.05, 3.63) is 48.0 Å². The maximum absolute atomic E-state index is 12.5. The molecule has 2 amide bonds. The van der Waals surface area contributed by atoms with Gasteiger partial charge in [-0.25, -0.2) is 4.79 Å². The lowest BCUT2D eigenvalue weighted by molar-refractivity contribution is -0.274. The lowest BCUT2D eigenvalue weighted by atomic mass is 10.1. The summed E-state index contributed by atoms with van der Waals surface area (Å²) in [6.45, 7) is -0.220. The molecule has 152 valence electrons. The van der Waals surface area contributed by atoms with E-state index in [4.69, 9.17) is 10.2 Å². The maximum atomic E-state index is 12.5. The Labute approximate surface area is 159 Å². The minimum Gasteiger partial charge on any atom is -0.406 e. The van der Waals surface area contributed by atoms with Crippen LogP contribution in [0.5, 0.6) is 5.75 Å². The molecule has 28 heavy (non-hydrogen) atoms. The fourth-order valence-corrected chi connectivity index (χ4v) is 2.43. The van der Waals surface area contributed by atoms with Crippen LogP contribution in [0.3, 0.4) is 0 Å². The van der Waals surface area contributed by atoms with Gasteiger partial charge in [-0.15, -0.1) is 13.2 Å². The van der Waals surface area contributed by atoms with Gasteiger partial charge in [0.2, 0.25) is 0 Å². The second-order valence-electron chi connectivity index (χ2n) is 5.65. The lowest BCUT2D eigenvalue weighted by Gasteiger charge is -2.15. The molecule has 0 heterocycles. The number of halogens is 3. The van der Waals surface area contributed by atoms with Gasteiger partial charge in [0.05, 0.1) is 6.61 Å². The normalized spacial score (nSPS) is 11.0. The highest BCUT2D eigenvalue weighted by molar-refractivity contribution is 6.00. The van der Waals surface area contributed by atoms with E-state index in [9.17, 15) is 18.0 Å². The summed E-state index contributed by atoms with van der Waals surface area (Å²) in [6, 6.07) is 9.68. The third kappa shape index (κ3) is 6.97. The number of anilines is 3. The van der Waals surface area contributed by atoms with Crippen molar-refractivity contribution in [2.45, 2.75) is 12.8 Å². The van der Waals surface area contributed by atoms with Crippen molar-refractivity contribution in [1.82, 2.24) is 0 Å². The number of hydrogen-bond donors (Lipinski definition) is 5. The van der Waals surface area contributed by atoms with Crippen molar-refractivity contribution in [2.75, 3.05) is 35.7 Å². The number of carbonyl (C=O) groups is 1. The Morgan fingerprint density at radius 3 is 2.39 bits per heavy atom. The Morgan fingerprint density at radius 1 is 1.00 bits per heavy atom. The smallest absolute Gasteiger partial charge is 0.406 e. The first-order valence-electron chi connectivity index (χ1n) is 8.33. The van der Waals surface area contributed by atoms with Crippen molar-refractivity contribution in [3.63, 3.8) is 0 Å². The van der Waals surface area contributed by atoms with Gasteiger partial charge in [-0.2, -0.15) is 0 Å². The molecule has 0 atom stereocenters. The predicted octanol–water partition coefficient (Wildman–Crippen LogP) is 3.17. The summed E-state index contributed by atoms with van der Waals surface area (Å²) in [6.07, 6.45) is -4.56. The van der Waals surface area contributed by atoms with E-state index in [0.29, 0.717) is 17.7 Å². The van der Waals surface area contributed by atoms with E-state index in [0.717, 1.165) is 12.1 Å². The number of nitrogens with one attached hydrogen (secondary N) is 3. The second-order valence-corrected chi connectivity index (χ2v) is 5.65. The molecule has 0 unspecified atom stereocenters.